The number of aryl methyl sites for hydroxylation is 1. The van der Waals surface area contributed by atoms with Gasteiger partial charge in [-0.3, -0.25) is 0 Å². The number of anilines is 1. The van der Waals surface area contributed by atoms with E-state index in [1.165, 1.54) is 5.56 Å². The van der Waals surface area contributed by atoms with E-state index in [0.717, 1.165) is 16.4 Å². The lowest BCUT2D eigenvalue weighted by Crippen LogP contribution is -2.17. The second-order valence-electron chi connectivity index (χ2n) is 5.29. The summed E-state index contributed by atoms with van der Waals surface area (Å²) in [6.45, 7) is 8.44. The Hall–Kier alpha value is -1.46. The van der Waals surface area contributed by atoms with Gasteiger partial charge in [0.2, 0.25) is 0 Å². The Kier molecular flexibility index (Phi) is 3.36. The molecule has 0 aliphatic carbocycles. The number of hydrogen-bond donors (Lipinski definition) is 2. The molecule has 0 spiro atoms. The fourth-order valence-corrected chi connectivity index (χ4v) is 2.47. The van der Waals surface area contributed by atoms with Crippen molar-refractivity contribution in [2.75, 3.05) is 5.43 Å². The number of hydrogen-bond acceptors (Lipinski definition) is 5. The SMILES string of the molecule is Cc1ccsc1-c1nc(NN)cc(C(C)(C)C)n1. The van der Waals surface area contributed by atoms with E-state index < -0.39 is 0 Å². The van der Waals surface area contributed by atoms with Gasteiger partial charge in [0.05, 0.1) is 10.6 Å². The molecular weight excluding hydrogens is 244 g/mol. The number of hydrazine groups is 1. The molecule has 2 rings (SSSR count). The number of nitrogens with two attached hydrogens (primary N) is 1. The Labute approximate surface area is 111 Å². The molecule has 18 heavy (non-hydrogen) atoms. The van der Waals surface area contributed by atoms with Gasteiger partial charge in [-0.25, -0.2) is 15.8 Å². The predicted molar refractivity (Wildman–Crippen MR) is 76.6 cm³/mol. The lowest BCUT2D eigenvalue weighted by molar-refractivity contribution is 0.568. The topological polar surface area (TPSA) is 63.8 Å². The van der Waals surface area contributed by atoms with Gasteiger partial charge in [-0.15, -0.1) is 11.3 Å². The van der Waals surface area contributed by atoms with Gasteiger partial charge < -0.3 is 5.43 Å². The number of rotatable bonds is 2. The second-order valence-corrected chi connectivity index (χ2v) is 6.21. The van der Waals surface area contributed by atoms with Crippen LogP contribution in [0.4, 0.5) is 5.82 Å². The highest BCUT2D eigenvalue weighted by Gasteiger charge is 2.19. The van der Waals surface area contributed by atoms with Crippen LogP contribution in [0.1, 0.15) is 32.0 Å². The third kappa shape index (κ3) is 2.52. The largest absolute Gasteiger partial charge is 0.308 e. The first kappa shape index (κ1) is 13.0. The first-order valence-electron chi connectivity index (χ1n) is 5.82. The van der Waals surface area contributed by atoms with E-state index in [4.69, 9.17) is 5.84 Å². The molecule has 0 radical (unpaired) electrons. The van der Waals surface area contributed by atoms with Crippen LogP contribution in [0, 0.1) is 6.92 Å². The maximum Gasteiger partial charge on any atom is 0.172 e. The quantitative estimate of drug-likeness (QED) is 0.645. The van der Waals surface area contributed by atoms with Gasteiger partial charge in [0.1, 0.15) is 5.82 Å². The highest BCUT2D eigenvalue weighted by molar-refractivity contribution is 7.13. The average molecular weight is 262 g/mol. The van der Waals surface area contributed by atoms with Gasteiger partial charge in [0.25, 0.3) is 0 Å². The van der Waals surface area contributed by atoms with E-state index in [-0.39, 0.29) is 5.41 Å². The number of nitrogen functional groups attached to an aromatic ring is 1. The molecular formula is C13H18N4S. The second kappa shape index (κ2) is 4.66. The van der Waals surface area contributed by atoms with E-state index in [9.17, 15) is 0 Å². The van der Waals surface area contributed by atoms with Gasteiger partial charge in [-0.2, -0.15) is 0 Å². The molecule has 0 saturated heterocycles. The molecule has 0 aromatic carbocycles. The molecule has 96 valence electrons. The van der Waals surface area contributed by atoms with E-state index in [0.29, 0.717) is 5.82 Å². The highest BCUT2D eigenvalue weighted by atomic mass is 32.1. The number of thiophene rings is 1. The van der Waals surface area contributed by atoms with Gasteiger partial charge in [-0.05, 0) is 23.9 Å². The van der Waals surface area contributed by atoms with Crippen molar-refractivity contribution in [1.29, 1.82) is 0 Å². The van der Waals surface area contributed by atoms with E-state index in [1.54, 1.807) is 11.3 Å². The number of nitrogens with zero attached hydrogens (tertiary/aromatic N) is 2. The van der Waals surface area contributed by atoms with Crippen LogP contribution >= 0.6 is 11.3 Å². The molecule has 5 heteroatoms. The summed E-state index contributed by atoms with van der Waals surface area (Å²) in [6.07, 6.45) is 0. The summed E-state index contributed by atoms with van der Waals surface area (Å²) in [5.74, 6) is 6.87. The minimum Gasteiger partial charge on any atom is -0.308 e. The van der Waals surface area contributed by atoms with Gasteiger partial charge in [0, 0.05) is 11.5 Å². The van der Waals surface area contributed by atoms with Gasteiger partial charge >= 0.3 is 0 Å². The van der Waals surface area contributed by atoms with Crippen molar-refractivity contribution >= 4 is 17.2 Å². The van der Waals surface area contributed by atoms with Crippen molar-refractivity contribution in [3.63, 3.8) is 0 Å². The Morgan fingerprint density at radius 2 is 2.00 bits per heavy atom. The van der Waals surface area contributed by atoms with Crippen LogP contribution in [-0.4, -0.2) is 9.97 Å². The first-order valence-corrected chi connectivity index (χ1v) is 6.70. The molecule has 0 fully saturated rings. The molecule has 0 aliphatic heterocycles. The number of aromatic nitrogens is 2. The summed E-state index contributed by atoms with van der Waals surface area (Å²) in [4.78, 5) is 10.2. The van der Waals surface area contributed by atoms with Crippen molar-refractivity contribution in [2.24, 2.45) is 5.84 Å². The van der Waals surface area contributed by atoms with Crippen molar-refractivity contribution in [3.05, 3.63) is 28.8 Å². The highest BCUT2D eigenvalue weighted by Crippen LogP contribution is 2.30. The van der Waals surface area contributed by atoms with Crippen LogP contribution in [0.5, 0.6) is 0 Å². The molecule has 0 aliphatic rings. The van der Waals surface area contributed by atoms with Crippen molar-refractivity contribution in [3.8, 4) is 10.7 Å². The van der Waals surface area contributed by atoms with Crippen LogP contribution in [0.15, 0.2) is 17.5 Å². The zero-order chi connectivity index (χ0) is 13.3. The molecule has 0 saturated carbocycles. The maximum atomic E-state index is 5.49. The third-order valence-electron chi connectivity index (χ3n) is 2.71. The van der Waals surface area contributed by atoms with Crippen LogP contribution < -0.4 is 11.3 Å². The normalized spacial score (nSPS) is 11.6. The first-order chi connectivity index (χ1) is 8.41. The molecule has 0 unspecified atom stereocenters. The van der Waals surface area contributed by atoms with E-state index in [2.05, 4.69) is 49.2 Å². The van der Waals surface area contributed by atoms with Gasteiger partial charge in [0.15, 0.2) is 5.82 Å². The molecule has 4 nitrogen and oxygen atoms in total. The zero-order valence-electron chi connectivity index (χ0n) is 11.1. The summed E-state index contributed by atoms with van der Waals surface area (Å²) >= 11 is 1.65. The average Bonchev–Trinajstić information content (AvgIpc) is 2.73. The molecule has 2 heterocycles. The summed E-state index contributed by atoms with van der Waals surface area (Å²) in [7, 11) is 0. The summed E-state index contributed by atoms with van der Waals surface area (Å²) in [6, 6.07) is 3.97. The maximum absolute atomic E-state index is 5.49. The zero-order valence-corrected chi connectivity index (χ0v) is 11.9. The lowest BCUT2D eigenvalue weighted by Gasteiger charge is -2.19. The van der Waals surface area contributed by atoms with E-state index in [1.807, 2.05) is 11.4 Å². The van der Waals surface area contributed by atoms with Crippen LogP contribution in [0.25, 0.3) is 10.7 Å². The van der Waals surface area contributed by atoms with Crippen molar-refractivity contribution < 1.29 is 0 Å². The van der Waals surface area contributed by atoms with Crippen molar-refractivity contribution in [2.45, 2.75) is 33.1 Å². The van der Waals surface area contributed by atoms with Crippen LogP contribution in [0.3, 0.4) is 0 Å². The Morgan fingerprint density at radius 3 is 2.50 bits per heavy atom. The fraction of sp³-hybridized carbons (Fsp3) is 0.385. The van der Waals surface area contributed by atoms with Crippen LogP contribution in [0.2, 0.25) is 0 Å². The fourth-order valence-electron chi connectivity index (χ4n) is 1.61. The Balaban J connectivity index is 2.58. The van der Waals surface area contributed by atoms with Crippen LogP contribution in [-0.2, 0) is 5.41 Å². The number of nitrogens with one attached hydrogen (secondary N) is 1. The molecule has 0 bridgehead atoms. The molecule has 0 amide bonds. The summed E-state index contributed by atoms with van der Waals surface area (Å²) < 4.78 is 0. The molecule has 2 aromatic rings. The van der Waals surface area contributed by atoms with E-state index >= 15 is 0 Å². The predicted octanol–water partition coefficient (Wildman–Crippen LogP) is 3.10. The molecule has 0 atom stereocenters. The monoisotopic (exact) mass is 262 g/mol. The standard InChI is InChI=1S/C13H18N4S/c1-8-5-6-18-11(8)12-15-9(13(2,3)4)7-10(16-12)17-14/h5-7H,14H2,1-4H3,(H,15,16,17). The van der Waals surface area contributed by atoms with Crippen molar-refractivity contribution in [1.82, 2.24) is 9.97 Å². The minimum absolute atomic E-state index is 0.0333. The lowest BCUT2D eigenvalue weighted by atomic mass is 9.92. The Bertz CT molecular complexity index is 554. The Morgan fingerprint density at radius 1 is 1.28 bits per heavy atom. The minimum atomic E-state index is -0.0333. The van der Waals surface area contributed by atoms with Gasteiger partial charge in [-0.1, -0.05) is 20.8 Å². The summed E-state index contributed by atoms with van der Waals surface area (Å²) in [5, 5.41) is 2.05. The molecule has 2 aromatic heterocycles. The summed E-state index contributed by atoms with van der Waals surface area (Å²) in [5.41, 5.74) is 4.75. The smallest absolute Gasteiger partial charge is 0.172 e. The molecule has 3 N–H and O–H groups in total. The third-order valence-corrected chi connectivity index (χ3v) is 3.72.